The van der Waals surface area contributed by atoms with Crippen LogP contribution in [0, 0.1) is 23.7 Å². The highest BCUT2D eigenvalue weighted by Crippen LogP contribution is 2.48. The van der Waals surface area contributed by atoms with E-state index in [1.54, 1.807) is 0 Å². The monoisotopic (exact) mass is 461 g/mol. The summed E-state index contributed by atoms with van der Waals surface area (Å²) in [7, 11) is 1.90. The van der Waals surface area contributed by atoms with Gasteiger partial charge in [0.15, 0.2) is 0 Å². The van der Waals surface area contributed by atoms with E-state index in [0.717, 1.165) is 44.9 Å². The summed E-state index contributed by atoms with van der Waals surface area (Å²) in [5.41, 5.74) is 1.42. The summed E-state index contributed by atoms with van der Waals surface area (Å²) in [5, 5.41) is 21.0. The average Bonchev–Trinajstić information content (AvgIpc) is 3.25. The molecule has 0 radical (unpaired) electrons. The molecular formula is C29H51NO3. The highest BCUT2D eigenvalue weighted by atomic mass is 16.3. The second kappa shape index (κ2) is 13.1. The first-order valence-corrected chi connectivity index (χ1v) is 13.5. The number of carbonyl (C=O) groups excluding carboxylic acids is 1. The van der Waals surface area contributed by atoms with Crippen molar-refractivity contribution in [2.75, 3.05) is 7.05 Å². The van der Waals surface area contributed by atoms with Gasteiger partial charge in [-0.3, -0.25) is 4.79 Å². The molecule has 2 N–H and O–H groups in total. The summed E-state index contributed by atoms with van der Waals surface area (Å²) < 4.78 is 0. The van der Waals surface area contributed by atoms with Crippen molar-refractivity contribution < 1.29 is 15.0 Å². The van der Waals surface area contributed by atoms with Gasteiger partial charge in [-0.15, -0.1) is 0 Å². The first kappa shape index (κ1) is 28.1. The number of rotatable bonds is 13. The third-order valence-electron chi connectivity index (χ3n) is 7.97. The average molecular weight is 462 g/mol. The van der Waals surface area contributed by atoms with Gasteiger partial charge in [0.25, 0.3) is 0 Å². The fourth-order valence-corrected chi connectivity index (χ4v) is 5.56. The maximum Gasteiger partial charge on any atom is 0.222 e. The highest BCUT2D eigenvalue weighted by molar-refractivity contribution is 5.76. The predicted molar refractivity (Wildman–Crippen MR) is 138 cm³/mol. The number of unbranched alkanes of at least 4 members (excludes halogenated alkanes) is 3. The third-order valence-corrected chi connectivity index (χ3v) is 7.97. The van der Waals surface area contributed by atoms with Crippen LogP contribution < -0.4 is 0 Å². The van der Waals surface area contributed by atoms with Crippen molar-refractivity contribution in [2.45, 2.75) is 123 Å². The lowest BCUT2D eigenvalue weighted by Gasteiger charge is -2.32. The van der Waals surface area contributed by atoms with E-state index in [9.17, 15) is 15.0 Å². The predicted octanol–water partition coefficient (Wildman–Crippen LogP) is 6.27. The zero-order chi connectivity index (χ0) is 24.6. The van der Waals surface area contributed by atoms with E-state index in [2.05, 4.69) is 46.8 Å². The molecule has 4 nitrogen and oxygen atoms in total. The van der Waals surface area contributed by atoms with E-state index < -0.39 is 6.10 Å². The Morgan fingerprint density at radius 1 is 1.24 bits per heavy atom. The number of aliphatic hydroxyl groups is 2. The van der Waals surface area contributed by atoms with Gasteiger partial charge in [-0.1, -0.05) is 63.3 Å². The molecule has 1 fully saturated rings. The number of carbonyl (C=O) groups is 1. The minimum atomic E-state index is -0.406. The Bertz CT molecular complexity index is 662. The summed E-state index contributed by atoms with van der Waals surface area (Å²) in [6, 6.07) is 0. The van der Waals surface area contributed by atoms with Crippen LogP contribution in [-0.2, 0) is 4.79 Å². The molecule has 0 aliphatic heterocycles. The first-order chi connectivity index (χ1) is 15.5. The number of hydrogen-bond donors (Lipinski definition) is 2. The molecule has 1 saturated carbocycles. The maximum absolute atomic E-state index is 12.3. The van der Waals surface area contributed by atoms with Crippen LogP contribution in [0.25, 0.3) is 0 Å². The van der Waals surface area contributed by atoms with Crippen LogP contribution in [0.5, 0.6) is 0 Å². The van der Waals surface area contributed by atoms with Gasteiger partial charge in [-0.05, 0) is 77.0 Å². The summed E-state index contributed by atoms with van der Waals surface area (Å²) in [4.78, 5) is 14.1. The zero-order valence-electron chi connectivity index (χ0n) is 22.2. The molecule has 6 atom stereocenters. The van der Waals surface area contributed by atoms with Crippen LogP contribution >= 0.6 is 0 Å². The Kier molecular flexibility index (Phi) is 11.2. The Morgan fingerprint density at radius 2 is 1.97 bits per heavy atom. The van der Waals surface area contributed by atoms with Gasteiger partial charge in [0.1, 0.15) is 0 Å². The second-order valence-electron chi connectivity index (χ2n) is 11.9. The molecule has 0 aromatic carbocycles. The molecule has 190 valence electrons. The van der Waals surface area contributed by atoms with Crippen LogP contribution in [0.2, 0.25) is 0 Å². The van der Waals surface area contributed by atoms with E-state index in [1.165, 1.54) is 24.8 Å². The Balaban J connectivity index is 1.72. The lowest BCUT2D eigenvalue weighted by atomic mass is 9.88. The number of amides is 1. The molecule has 1 amide bonds. The fraction of sp³-hybridized carbons (Fsp3) is 0.828. The van der Waals surface area contributed by atoms with Crippen molar-refractivity contribution in [1.82, 2.24) is 4.90 Å². The molecule has 0 heterocycles. The topological polar surface area (TPSA) is 60.8 Å². The molecule has 0 spiro atoms. The van der Waals surface area contributed by atoms with Crippen molar-refractivity contribution in [3.63, 3.8) is 0 Å². The van der Waals surface area contributed by atoms with Crippen LogP contribution in [-0.4, -0.2) is 45.8 Å². The minimum Gasteiger partial charge on any atom is -0.392 e. The molecule has 2 aliphatic rings. The Morgan fingerprint density at radius 3 is 2.64 bits per heavy atom. The molecule has 0 bridgehead atoms. The Labute approximate surface area is 203 Å². The fourth-order valence-electron chi connectivity index (χ4n) is 5.56. The van der Waals surface area contributed by atoms with E-state index in [1.807, 2.05) is 18.0 Å². The van der Waals surface area contributed by atoms with Crippen molar-refractivity contribution in [3.05, 3.63) is 23.8 Å². The summed E-state index contributed by atoms with van der Waals surface area (Å²) >= 11 is 0. The standard InChI is InChI=1S/C29H51NO3/c1-7-8-12-21(2)17-24(31)15-16-25-26-19-22(18-23(26)20-27(25)32)13-10-9-11-14-28(33)30(6)29(3,4)5/h15-16,18,21,23-27,31-32H,7-14,17,19-20H2,1-6H3/t21-,23-,24+,25+,26-,27+/m0/s1. The number of hydrogen-bond acceptors (Lipinski definition) is 3. The third kappa shape index (κ3) is 8.87. The molecule has 0 saturated heterocycles. The van der Waals surface area contributed by atoms with Gasteiger partial charge in [0.2, 0.25) is 5.91 Å². The molecule has 33 heavy (non-hydrogen) atoms. The molecule has 0 aromatic heterocycles. The lowest BCUT2D eigenvalue weighted by molar-refractivity contribution is -0.134. The minimum absolute atomic E-state index is 0.109. The van der Waals surface area contributed by atoms with Crippen LogP contribution in [0.15, 0.2) is 23.8 Å². The molecule has 0 unspecified atom stereocenters. The largest absolute Gasteiger partial charge is 0.392 e. The maximum atomic E-state index is 12.3. The number of allylic oxidation sites excluding steroid dienone is 2. The number of nitrogens with zero attached hydrogens (tertiary/aromatic N) is 1. The van der Waals surface area contributed by atoms with Crippen molar-refractivity contribution in [3.8, 4) is 0 Å². The van der Waals surface area contributed by atoms with E-state index in [4.69, 9.17) is 0 Å². The first-order valence-electron chi connectivity index (χ1n) is 13.5. The second-order valence-corrected chi connectivity index (χ2v) is 11.9. The van der Waals surface area contributed by atoms with Gasteiger partial charge >= 0.3 is 0 Å². The Hall–Kier alpha value is -1.13. The van der Waals surface area contributed by atoms with E-state index in [0.29, 0.717) is 24.2 Å². The summed E-state index contributed by atoms with van der Waals surface area (Å²) in [6.07, 6.45) is 17.0. The van der Waals surface area contributed by atoms with Gasteiger partial charge in [-0.25, -0.2) is 0 Å². The van der Waals surface area contributed by atoms with Crippen molar-refractivity contribution in [2.24, 2.45) is 23.7 Å². The lowest BCUT2D eigenvalue weighted by Crippen LogP contribution is -2.42. The van der Waals surface area contributed by atoms with Gasteiger partial charge in [0, 0.05) is 24.9 Å². The van der Waals surface area contributed by atoms with Crippen LogP contribution in [0.4, 0.5) is 0 Å². The van der Waals surface area contributed by atoms with Gasteiger partial charge < -0.3 is 15.1 Å². The molecular weight excluding hydrogens is 410 g/mol. The van der Waals surface area contributed by atoms with Crippen molar-refractivity contribution >= 4 is 5.91 Å². The molecule has 2 rings (SSSR count). The van der Waals surface area contributed by atoms with Crippen LogP contribution in [0.1, 0.15) is 105 Å². The highest BCUT2D eigenvalue weighted by Gasteiger charge is 2.43. The number of aliphatic hydroxyl groups excluding tert-OH is 2. The molecule has 0 aromatic rings. The van der Waals surface area contributed by atoms with Gasteiger partial charge in [-0.2, -0.15) is 0 Å². The van der Waals surface area contributed by atoms with E-state index in [-0.39, 0.29) is 23.5 Å². The summed E-state index contributed by atoms with van der Waals surface area (Å²) in [6.45, 7) is 10.6. The normalized spacial score (nSPS) is 27.0. The molecule has 2 aliphatic carbocycles. The zero-order valence-corrected chi connectivity index (χ0v) is 22.2. The van der Waals surface area contributed by atoms with Gasteiger partial charge in [0.05, 0.1) is 12.2 Å². The van der Waals surface area contributed by atoms with Crippen LogP contribution in [0.3, 0.4) is 0 Å². The van der Waals surface area contributed by atoms with Crippen molar-refractivity contribution in [1.29, 1.82) is 0 Å². The number of fused-ring (bicyclic) bond motifs is 1. The SMILES string of the molecule is CCCC[C@H](C)C[C@H](O)C=C[C@@H]1[C@H]2CC(CCCCCC(=O)N(C)C(C)(C)C)=C[C@H]2C[C@H]1O. The smallest absolute Gasteiger partial charge is 0.222 e. The summed E-state index contributed by atoms with van der Waals surface area (Å²) in [5.74, 6) is 1.90. The molecule has 4 heteroatoms. The van der Waals surface area contributed by atoms with E-state index >= 15 is 0 Å². The quantitative estimate of drug-likeness (QED) is 0.251.